The molecule has 0 saturated carbocycles. The van der Waals surface area contributed by atoms with E-state index in [2.05, 4.69) is 25.7 Å². The highest BCUT2D eigenvalue weighted by atomic mass is 16.5. The Hall–Kier alpha value is -4.22. The van der Waals surface area contributed by atoms with Gasteiger partial charge in [-0.2, -0.15) is 0 Å². The van der Waals surface area contributed by atoms with E-state index in [4.69, 9.17) is 24.7 Å². The van der Waals surface area contributed by atoms with Crippen molar-refractivity contribution in [1.29, 1.82) is 0 Å². The molecule has 4 N–H and O–H groups in total. The van der Waals surface area contributed by atoms with Crippen molar-refractivity contribution in [3.8, 4) is 16.9 Å². The molecule has 0 bridgehead atoms. The number of piperidine rings is 1. The Morgan fingerprint density at radius 3 is 2.71 bits per heavy atom. The third kappa shape index (κ3) is 5.24. The first-order valence-corrected chi connectivity index (χ1v) is 12.7. The molecule has 0 aliphatic carbocycles. The average molecular weight is 516 g/mol. The van der Waals surface area contributed by atoms with Crippen molar-refractivity contribution in [2.45, 2.75) is 18.9 Å². The lowest BCUT2D eigenvalue weighted by molar-refractivity contribution is 0.1000. The van der Waals surface area contributed by atoms with Crippen molar-refractivity contribution in [1.82, 2.24) is 20.4 Å². The second-order valence-corrected chi connectivity index (χ2v) is 9.44. The zero-order valence-electron chi connectivity index (χ0n) is 20.9. The summed E-state index contributed by atoms with van der Waals surface area (Å²) in [6, 6.07) is 9.40. The standard InChI is InChI=1S/C27H29N7O4/c28-26(35)17-9-20(12-21(10-17)34-5-7-36-8-6-34)32-27-30-14-18-11-23(19-15-31-37-16-19)25(13-24(18)33-27)38-22-1-3-29-4-2-22/h9-16,22,29H,1-8H2,(H2,28,35)(H,30,32,33). The quantitative estimate of drug-likeness (QED) is 0.336. The average Bonchev–Trinajstić information content (AvgIpc) is 3.48. The normalized spacial score (nSPS) is 16.5. The van der Waals surface area contributed by atoms with Crippen LogP contribution in [-0.2, 0) is 4.74 Å². The van der Waals surface area contributed by atoms with Gasteiger partial charge in [0.2, 0.25) is 11.9 Å². The number of rotatable bonds is 7. The molecular weight excluding hydrogens is 486 g/mol. The van der Waals surface area contributed by atoms with Gasteiger partial charge in [0.1, 0.15) is 18.1 Å². The Kier molecular flexibility index (Phi) is 6.76. The molecule has 38 heavy (non-hydrogen) atoms. The molecule has 4 heterocycles. The summed E-state index contributed by atoms with van der Waals surface area (Å²) in [4.78, 5) is 23.5. The Balaban J connectivity index is 1.33. The van der Waals surface area contributed by atoms with Crippen molar-refractivity contribution in [3.63, 3.8) is 0 Å². The first kappa shape index (κ1) is 24.1. The number of hydrogen-bond donors (Lipinski definition) is 3. The van der Waals surface area contributed by atoms with Crippen LogP contribution in [0.4, 0.5) is 17.3 Å². The number of amides is 1. The largest absolute Gasteiger partial charge is 0.490 e. The summed E-state index contributed by atoms with van der Waals surface area (Å²) in [5.74, 6) is 0.628. The molecule has 0 atom stereocenters. The molecule has 11 heteroatoms. The number of benzene rings is 2. The highest BCUT2D eigenvalue weighted by Crippen LogP contribution is 2.35. The number of aromatic nitrogens is 3. The summed E-state index contributed by atoms with van der Waals surface area (Å²) >= 11 is 0. The number of carbonyl (C=O) groups excluding carboxylic acids is 1. The lowest BCUT2D eigenvalue weighted by Crippen LogP contribution is -2.36. The number of fused-ring (bicyclic) bond motifs is 1. The maximum atomic E-state index is 12.0. The molecule has 2 aromatic carbocycles. The van der Waals surface area contributed by atoms with Crippen molar-refractivity contribution in [3.05, 3.63) is 54.6 Å². The monoisotopic (exact) mass is 515 g/mol. The van der Waals surface area contributed by atoms with E-state index in [9.17, 15) is 4.79 Å². The number of anilines is 3. The number of carbonyl (C=O) groups is 1. The molecule has 0 spiro atoms. The van der Waals surface area contributed by atoms with E-state index in [1.54, 1.807) is 30.8 Å². The van der Waals surface area contributed by atoms with Crippen LogP contribution in [0.1, 0.15) is 23.2 Å². The molecular formula is C27H29N7O4. The second kappa shape index (κ2) is 10.6. The summed E-state index contributed by atoms with van der Waals surface area (Å²) in [5, 5.41) is 11.3. The van der Waals surface area contributed by atoms with Crippen molar-refractivity contribution >= 4 is 34.1 Å². The fraction of sp³-hybridized carbons (Fsp3) is 0.333. The zero-order valence-corrected chi connectivity index (χ0v) is 20.9. The predicted octanol–water partition coefficient (Wildman–Crippen LogP) is 3.09. The van der Waals surface area contributed by atoms with Crippen LogP contribution in [0.2, 0.25) is 0 Å². The van der Waals surface area contributed by atoms with Gasteiger partial charge >= 0.3 is 0 Å². The number of ether oxygens (including phenoxy) is 2. The van der Waals surface area contributed by atoms with Gasteiger partial charge in [-0.25, -0.2) is 9.97 Å². The first-order valence-electron chi connectivity index (χ1n) is 12.7. The Labute approximate surface area is 219 Å². The van der Waals surface area contributed by atoms with Crippen LogP contribution in [0, 0.1) is 0 Å². The van der Waals surface area contributed by atoms with Gasteiger partial charge in [-0.05, 0) is 50.2 Å². The fourth-order valence-electron chi connectivity index (χ4n) is 4.83. The van der Waals surface area contributed by atoms with E-state index < -0.39 is 5.91 Å². The lowest BCUT2D eigenvalue weighted by Gasteiger charge is -2.29. The summed E-state index contributed by atoms with van der Waals surface area (Å²) in [6.07, 6.45) is 7.01. The van der Waals surface area contributed by atoms with Crippen LogP contribution >= 0.6 is 0 Å². The zero-order chi connectivity index (χ0) is 25.9. The summed E-state index contributed by atoms with van der Waals surface area (Å²) in [5.41, 5.74) is 10.0. The van der Waals surface area contributed by atoms with Gasteiger partial charge in [-0.1, -0.05) is 5.16 Å². The lowest BCUT2D eigenvalue weighted by atomic mass is 10.0. The van der Waals surface area contributed by atoms with Crippen LogP contribution in [0.15, 0.2) is 53.5 Å². The first-order chi connectivity index (χ1) is 18.6. The van der Waals surface area contributed by atoms with Crippen LogP contribution < -0.4 is 26.0 Å². The van der Waals surface area contributed by atoms with Crippen molar-refractivity contribution < 1.29 is 18.8 Å². The van der Waals surface area contributed by atoms with E-state index >= 15 is 0 Å². The fourth-order valence-corrected chi connectivity index (χ4v) is 4.83. The summed E-state index contributed by atoms with van der Waals surface area (Å²) in [6.45, 7) is 4.60. The molecule has 0 unspecified atom stereocenters. The molecule has 1 amide bonds. The smallest absolute Gasteiger partial charge is 0.248 e. The highest BCUT2D eigenvalue weighted by Gasteiger charge is 2.19. The van der Waals surface area contributed by atoms with E-state index in [0.717, 1.165) is 72.5 Å². The van der Waals surface area contributed by atoms with Gasteiger partial charge in [0.25, 0.3) is 0 Å². The number of morpholine rings is 1. The molecule has 6 rings (SSSR count). The van der Waals surface area contributed by atoms with E-state index in [0.29, 0.717) is 30.4 Å². The molecule has 196 valence electrons. The molecule has 11 nitrogen and oxygen atoms in total. The minimum absolute atomic E-state index is 0.113. The maximum Gasteiger partial charge on any atom is 0.248 e. The predicted molar refractivity (Wildman–Crippen MR) is 143 cm³/mol. The topological polar surface area (TPSA) is 141 Å². The second-order valence-electron chi connectivity index (χ2n) is 9.44. The minimum atomic E-state index is -0.497. The minimum Gasteiger partial charge on any atom is -0.490 e. The number of nitrogens with one attached hydrogen (secondary N) is 2. The maximum absolute atomic E-state index is 12.0. The van der Waals surface area contributed by atoms with E-state index in [-0.39, 0.29) is 6.10 Å². The van der Waals surface area contributed by atoms with Gasteiger partial charge in [-0.15, -0.1) is 0 Å². The Bertz CT molecular complexity index is 1430. The molecule has 0 radical (unpaired) electrons. The van der Waals surface area contributed by atoms with Crippen LogP contribution in [0.25, 0.3) is 22.0 Å². The molecule has 2 aliphatic heterocycles. The molecule has 4 aromatic rings. The molecule has 2 aliphatic rings. The number of nitrogens with two attached hydrogens (primary N) is 1. The van der Waals surface area contributed by atoms with Crippen LogP contribution in [0.5, 0.6) is 5.75 Å². The number of hydrogen-bond acceptors (Lipinski definition) is 10. The number of nitrogens with zero attached hydrogens (tertiary/aromatic N) is 4. The molecule has 2 aromatic heterocycles. The van der Waals surface area contributed by atoms with E-state index in [1.807, 2.05) is 18.2 Å². The summed E-state index contributed by atoms with van der Waals surface area (Å²) < 4.78 is 17.0. The highest BCUT2D eigenvalue weighted by molar-refractivity contribution is 5.95. The molecule has 2 fully saturated rings. The van der Waals surface area contributed by atoms with Gasteiger partial charge in [-0.3, -0.25) is 4.79 Å². The summed E-state index contributed by atoms with van der Waals surface area (Å²) in [7, 11) is 0. The third-order valence-corrected chi connectivity index (χ3v) is 6.84. The Morgan fingerprint density at radius 2 is 1.95 bits per heavy atom. The van der Waals surface area contributed by atoms with E-state index in [1.165, 1.54) is 0 Å². The van der Waals surface area contributed by atoms with Crippen molar-refractivity contribution in [2.24, 2.45) is 5.73 Å². The SMILES string of the molecule is NC(=O)c1cc(Nc2ncc3cc(-c4cnoc4)c(OC4CCNCC4)cc3n2)cc(N2CCOCC2)c1. The van der Waals surface area contributed by atoms with Crippen LogP contribution in [-0.4, -0.2) is 66.5 Å². The molecule has 2 saturated heterocycles. The third-order valence-electron chi connectivity index (χ3n) is 6.84. The van der Waals surface area contributed by atoms with Gasteiger partial charge in [0.05, 0.1) is 24.9 Å². The number of primary amides is 1. The van der Waals surface area contributed by atoms with Crippen molar-refractivity contribution in [2.75, 3.05) is 49.6 Å². The van der Waals surface area contributed by atoms with Gasteiger partial charge in [0, 0.05) is 58.8 Å². The van der Waals surface area contributed by atoms with Gasteiger partial charge in [0.15, 0.2) is 0 Å². The van der Waals surface area contributed by atoms with Crippen LogP contribution in [0.3, 0.4) is 0 Å². The van der Waals surface area contributed by atoms with Gasteiger partial charge < -0.3 is 35.3 Å². The Morgan fingerprint density at radius 1 is 1.11 bits per heavy atom.